The molecule has 0 atom stereocenters. The third-order valence-electron chi connectivity index (χ3n) is 3.71. The van der Waals surface area contributed by atoms with E-state index in [1.54, 1.807) is 0 Å². The zero-order valence-electron chi connectivity index (χ0n) is 11.7. The van der Waals surface area contributed by atoms with Crippen molar-refractivity contribution in [3.8, 4) is 0 Å². The van der Waals surface area contributed by atoms with Crippen LogP contribution in [0.4, 0.5) is 0 Å². The van der Waals surface area contributed by atoms with Gasteiger partial charge >= 0.3 is 0 Å². The minimum atomic E-state index is 0.136. The van der Waals surface area contributed by atoms with Gasteiger partial charge in [-0.05, 0) is 37.6 Å². The first kappa shape index (κ1) is 15.8. The summed E-state index contributed by atoms with van der Waals surface area (Å²) in [5.41, 5.74) is 1.82. The molecule has 0 spiro atoms. The van der Waals surface area contributed by atoms with Crippen LogP contribution in [-0.4, -0.2) is 54.3 Å². The monoisotopic (exact) mass is 358 g/mol. The number of nitrogens with zero attached hydrogens (tertiary/aromatic N) is 2. The quantitative estimate of drug-likeness (QED) is 0.774. The Labute approximate surface area is 134 Å². The summed E-state index contributed by atoms with van der Waals surface area (Å²) in [5.74, 6) is 0.787. The van der Waals surface area contributed by atoms with Crippen LogP contribution < -0.4 is 0 Å². The lowest BCUT2D eigenvalue weighted by Crippen LogP contribution is -2.36. The number of hydrogen-bond donors (Lipinski definition) is 0. The maximum Gasteiger partial charge on any atom is 0.254 e. The Hall–Kier alpha value is -0.580. The van der Waals surface area contributed by atoms with E-state index >= 15 is 0 Å². The second-order valence-electron chi connectivity index (χ2n) is 5.14. The van der Waals surface area contributed by atoms with Crippen LogP contribution in [0.2, 0.25) is 0 Å². The van der Waals surface area contributed by atoms with E-state index in [1.807, 2.05) is 30.0 Å². The normalized spacial score (nSPS) is 17.1. The van der Waals surface area contributed by atoms with Crippen molar-refractivity contribution in [2.24, 2.45) is 0 Å². The molecule has 1 fully saturated rings. The van der Waals surface area contributed by atoms with Crippen LogP contribution in [0.1, 0.15) is 22.3 Å². The Balaban J connectivity index is 2.07. The number of carbonyl (C=O) groups is 1. The fourth-order valence-electron chi connectivity index (χ4n) is 2.51. The van der Waals surface area contributed by atoms with Gasteiger partial charge in [0.15, 0.2) is 0 Å². The molecule has 0 bridgehead atoms. The average Bonchev–Trinajstić information content (AvgIpc) is 2.67. The van der Waals surface area contributed by atoms with E-state index in [1.165, 1.54) is 0 Å². The van der Waals surface area contributed by atoms with Crippen LogP contribution in [0, 0.1) is 6.92 Å². The van der Waals surface area contributed by atoms with Gasteiger partial charge < -0.3 is 9.80 Å². The third-order valence-corrected chi connectivity index (χ3v) is 4.37. The summed E-state index contributed by atoms with van der Waals surface area (Å²) in [6.45, 7) is 6.42. The van der Waals surface area contributed by atoms with Gasteiger partial charge in [0, 0.05) is 42.1 Å². The minimum Gasteiger partial charge on any atom is -0.337 e. The van der Waals surface area contributed by atoms with Gasteiger partial charge in [-0.3, -0.25) is 4.79 Å². The number of amides is 1. The summed E-state index contributed by atoms with van der Waals surface area (Å²) < 4.78 is 0.949. The van der Waals surface area contributed by atoms with Gasteiger partial charge in [-0.2, -0.15) is 0 Å². The Morgan fingerprint density at radius 2 is 2.10 bits per heavy atom. The molecule has 0 radical (unpaired) electrons. The average molecular weight is 360 g/mol. The number of carbonyl (C=O) groups excluding carboxylic acids is 1. The molecule has 1 saturated heterocycles. The van der Waals surface area contributed by atoms with E-state index in [4.69, 9.17) is 11.6 Å². The molecule has 20 heavy (non-hydrogen) atoms. The smallest absolute Gasteiger partial charge is 0.254 e. The summed E-state index contributed by atoms with van der Waals surface area (Å²) in [6, 6.07) is 5.87. The first-order valence-corrected chi connectivity index (χ1v) is 8.28. The molecule has 1 aliphatic rings. The van der Waals surface area contributed by atoms with E-state index in [0.29, 0.717) is 5.88 Å². The van der Waals surface area contributed by atoms with Crippen molar-refractivity contribution >= 4 is 33.4 Å². The first-order chi connectivity index (χ1) is 9.61. The minimum absolute atomic E-state index is 0.136. The highest BCUT2D eigenvalue weighted by Gasteiger charge is 2.21. The van der Waals surface area contributed by atoms with Crippen LogP contribution in [0.25, 0.3) is 0 Å². The summed E-state index contributed by atoms with van der Waals surface area (Å²) in [7, 11) is 0. The molecule has 5 heteroatoms. The van der Waals surface area contributed by atoms with Crippen LogP contribution in [-0.2, 0) is 0 Å². The fourth-order valence-corrected chi connectivity index (χ4v) is 3.11. The molecule has 110 valence electrons. The maximum atomic E-state index is 12.7. The van der Waals surface area contributed by atoms with E-state index in [9.17, 15) is 4.79 Å². The van der Waals surface area contributed by atoms with Crippen LogP contribution in [0.15, 0.2) is 22.7 Å². The first-order valence-electron chi connectivity index (χ1n) is 6.95. The van der Waals surface area contributed by atoms with Crippen molar-refractivity contribution < 1.29 is 4.79 Å². The second kappa shape index (κ2) is 7.43. The highest BCUT2D eigenvalue weighted by molar-refractivity contribution is 9.10. The Morgan fingerprint density at radius 3 is 2.85 bits per heavy atom. The lowest BCUT2D eigenvalue weighted by Gasteiger charge is -2.22. The van der Waals surface area contributed by atoms with Gasteiger partial charge in [-0.15, -0.1) is 11.6 Å². The van der Waals surface area contributed by atoms with Crippen LogP contribution >= 0.6 is 27.5 Å². The number of aryl methyl sites for hydroxylation is 1. The van der Waals surface area contributed by atoms with Gasteiger partial charge in [0.05, 0.1) is 0 Å². The number of hydrogen-bond acceptors (Lipinski definition) is 2. The standard InChI is InChI=1S/C15H20BrClN2O/c1-12-3-4-13(16)11-14(12)15(20)19-7-2-6-18(8-5-17)9-10-19/h3-4,11H,2,5-10H2,1H3. The van der Waals surface area contributed by atoms with Crippen molar-refractivity contribution in [2.75, 3.05) is 38.6 Å². The summed E-state index contributed by atoms with van der Waals surface area (Å²) in [6.07, 6.45) is 1.01. The molecule has 1 heterocycles. The molecular weight excluding hydrogens is 340 g/mol. The topological polar surface area (TPSA) is 23.6 Å². The van der Waals surface area contributed by atoms with Crippen LogP contribution in [0.5, 0.6) is 0 Å². The van der Waals surface area contributed by atoms with Crippen molar-refractivity contribution in [1.29, 1.82) is 0 Å². The molecule has 1 amide bonds. The second-order valence-corrected chi connectivity index (χ2v) is 6.43. The Kier molecular flexibility index (Phi) is 5.87. The molecule has 0 N–H and O–H groups in total. The molecule has 1 aromatic carbocycles. The molecule has 0 saturated carbocycles. The van der Waals surface area contributed by atoms with Gasteiger partial charge in [-0.25, -0.2) is 0 Å². The van der Waals surface area contributed by atoms with E-state index in [2.05, 4.69) is 20.8 Å². The maximum absolute atomic E-state index is 12.7. The van der Waals surface area contributed by atoms with E-state index in [0.717, 1.165) is 54.7 Å². The van der Waals surface area contributed by atoms with E-state index < -0.39 is 0 Å². The molecule has 1 aromatic rings. The summed E-state index contributed by atoms with van der Waals surface area (Å²) in [4.78, 5) is 16.9. The summed E-state index contributed by atoms with van der Waals surface area (Å²) in [5, 5.41) is 0. The Bertz CT molecular complexity index is 481. The third kappa shape index (κ3) is 3.96. The Morgan fingerprint density at radius 1 is 1.30 bits per heavy atom. The number of halogens is 2. The van der Waals surface area contributed by atoms with Crippen LogP contribution in [0.3, 0.4) is 0 Å². The SMILES string of the molecule is Cc1ccc(Br)cc1C(=O)N1CCCN(CCCl)CC1. The van der Waals surface area contributed by atoms with Gasteiger partial charge in [0.1, 0.15) is 0 Å². The molecule has 0 unspecified atom stereocenters. The molecule has 1 aliphatic heterocycles. The molecule has 2 rings (SSSR count). The highest BCUT2D eigenvalue weighted by Crippen LogP contribution is 2.18. The highest BCUT2D eigenvalue weighted by atomic mass is 79.9. The zero-order chi connectivity index (χ0) is 14.5. The predicted octanol–water partition coefficient (Wildman–Crippen LogP) is 3.14. The molecule has 0 aromatic heterocycles. The molecular formula is C15H20BrClN2O. The van der Waals surface area contributed by atoms with Crippen molar-refractivity contribution in [3.63, 3.8) is 0 Å². The molecule has 3 nitrogen and oxygen atoms in total. The van der Waals surface area contributed by atoms with Gasteiger partial charge in [0.25, 0.3) is 5.91 Å². The number of alkyl halides is 1. The zero-order valence-corrected chi connectivity index (χ0v) is 14.1. The predicted molar refractivity (Wildman–Crippen MR) is 86.6 cm³/mol. The largest absolute Gasteiger partial charge is 0.337 e. The lowest BCUT2D eigenvalue weighted by atomic mass is 10.1. The van der Waals surface area contributed by atoms with Crippen molar-refractivity contribution in [3.05, 3.63) is 33.8 Å². The van der Waals surface area contributed by atoms with Crippen molar-refractivity contribution in [1.82, 2.24) is 9.80 Å². The van der Waals surface area contributed by atoms with Crippen molar-refractivity contribution in [2.45, 2.75) is 13.3 Å². The summed E-state index contributed by atoms with van der Waals surface area (Å²) >= 11 is 9.23. The van der Waals surface area contributed by atoms with Gasteiger partial charge in [0.2, 0.25) is 0 Å². The lowest BCUT2D eigenvalue weighted by molar-refractivity contribution is 0.0761. The number of benzene rings is 1. The van der Waals surface area contributed by atoms with E-state index in [-0.39, 0.29) is 5.91 Å². The van der Waals surface area contributed by atoms with Gasteiger partial charge in [-0.1, -0.05) is 22.0 Å². The fraction of sp³-hybridized carbons (Fsp3) is 0.533. The number of rotatable bonds is 3. The molecule has 0 aliphatic carbocycles.